The van der Waals surface area contributed by atoms with Crippen LogP contribution in [0, 0.1) is 11.8 Å². The van der Waals surface area contributed by atoms with E-state index in [0.29, 0.717) is 5.92 Å². The highest BCUT2D eigenvalue weighted by atomic mass is 16.7. The lowest BCUT2D eigenvalue weighted by atomic mass is 9.91. The molecule has 1 saturated carbocycles. The Bertz CT molecular complexity index is 477. The van der Waals surface area contributed by atoms with Crippen molar-refractivity contribution in [3.8, 4) is 0 Å². The average Bonchev–Trinajstić information content (AvgIpc) is 3.00. The van der Waals surface area contributed by atoms with Crippen molar-refractivity contribution in [1.82, 2.24) is 9.88 Å². The van der Waals surface area contributed by atoms with Gasteiger partial charge in [0.05, 0.1) is 11.6 Å². The molecule has 3 aliphatic rings. The van der Waals surface area contributed by atoms with Crippen molar-refractivity contribution >= 4 is 5.71 Å². The smallest absolute Gasteiger partial charge is 0.190 e. The number of nitrogens with zero attached hydrogens (tertiary/aromatic N) is 3. The minimum atomic E-state index is 0.171. The predicted molar refractivity (Wildman–Crippen MR) is 72.7 cm³/mol. The van der Waals surface area contributed by atoms with Crippen molar-refractivity contribution < 1.29 is 4.84 Å². The molecule has 0 radical (unpaired) electrons. The summed E-state index contributed by atoms with van der Waals surface area (Å²) in [5, 5.41) is 4.41. The Labute approximate surface area is 113 Å². The van der Waals surface area contributed by atoms with Gasteiger partial charge in [-0.25, -0.2) is 0 Å². The molecular weight excluding hydrogens is 238 g/mol. The highest BCUT2D eigenvalue weighted by Crippen LogP contribution is 2.44. The van der Waals surface area contributed by atoms with Gasteiger partial charge in [0, 0.05) is 31.0 Å². The van der Waals surface area contributed by atoms with Crippen LogP contribution in [0.15, 0.2) is 29.7 Å². The fraction of sp³-hybridized carbons (Fsp3) is 0.600. The topological polar surface area (TPSA) is 37.7 Å². The van der Waals surface area contributed by atoms with E-state index >= 15 is 0 Å². The Balaban J connectivity index is 1.61. The molecule has 1 saturated heterocycles. The van der Waals surface area contributed by atoms with Crippen LogP contribution in [0.5, 0.6) is 0 Å². The molecule has 4 heteroatoms. The molecule has 4 rings (SSSR count). The van der Waals surface area contributed by atoms with Crippen molar-refractivity contribution in [1.29, 1.82) is 0 Å². The summed E-state index contributed by atoms with van der Waals surface area (Å²) in [6, 6.07) is 4.07. The number of aromatic nitrogens is 1. The Morgan fingerprint density at radius 3 is 2.74 bits per heavy atom. The van der Waals surface area contributed by atoms with E-state index in [-0.39, 0.29) is 6.23 Å². The monoisotopic (exact) mass is 257 g/mol. The van der Waals surface area contributed by atoms with Crippen molar-refractivity contribution in [3.63, 3.8) is 0 Å². The maximum Gasteiger partial charge on any atom is 0.190 e. The number of hydrogen-bond acceptors (Lipinski definition) is 4. The van der Waals surface area contributed by atoms with Gasteiger partial charge in [-0.3, -0.25) is 9.88 Å². The van der Waals surface area contributed by atoms with Crippen molar-refractivity contribution in [3.05, 3.63) is 30.1 Å². The van der Waals surface area contributed by atoms with Gasteiger partial charge in [-0.05, 0) is 43.7 Å². The van der Waals surface area contributed by atoms with E-state index in [0.717, 1.165) is 30.3 Å². The molecule has 0 amide bonds. The minimum Gasteiger partial charge on any atom is -0.375 e. The highest BCUT2D eigenvalue weighted by Gasteiger charge is 2.47. The van der Waals surface area contributed by atoms with E-state index in [2.05, 4.69) is 21.1 Å². The standard InChI is InChI=1S/C15H19N3O/c1-2-9-18(8-1)15-13(11-5-6-11)14(17-19-15)12-4-3-7-16-10-12/h3-4,7,10-11,13,15H,1-2,5-6,8-9H2. The zero-order valence-corrected chi connectivity index (χ0v) is 11.0. The Morgan fingerprint density at radius 2 is 2.05 bits per heavy atom. The van der Waals surface area contributed by atoms with E-state index in [9.17, 15) is 0 Å². The number of pyridine rings is 1. The van der Waals surface area contributed by atoms with Crippen LogP contribution in [0.1, 0.15) is 31.2 Å². The van der Waals surface area contributed by atoms with Gasteiger partial charge in [0.25, 0.3) is 0 Å². The first-order valence-electron chi connectivity index (χ1n) is 7.31. The molecular formula is C15H19N3O. The molecule has 1 aromatic rings. The van der Waals surface area contributed by atoms with Crippen LogP contribution < -0.4 is 0 Å². The summed E-state index contributed by atoms with van der Waals surface area (Å²) in [6.45, 7) is 2.31. The maximum absolute atomic E-state index is 5.80. The molecule has 19 heavy (non-hydrogen) atoms. The predicted octanol–water partition coefficient (Wildman–Crippen LogP) is 2.26. The molecule has 0 bridgehead atoms. The maximum atomic E-state index is 5.80. The first kappa shape index (κ1) is 11.4. The number of oxime groups is 1. The van der Waals surface area contributed by atoms with E-state index in [1.54, 1.807) is 0 Å². The molecule has 4 nitrogen and oxygen atoms in total. The molecule has 2 atom stereocenters. The van der Waals surface area contributed by atoms with E-state index in [4.69, 9.17) is 4.84 Å². The van der Waals surface area contributed by atoms with Gasteiger partial charge in [0.2, 0.25) is 0 Å². The molecule has 0 aromatic carbocycles. The third-order valence-electron chi connectivity index (χ3n) is 4.47. The summed E-state index contributed by atoms with van der Waals surface area (Å²) in [5.41, 5.74) is 2.24. The molecule has 2 aliphatic heterocycles. The summed E-state index contributed by atoms with van der Waals surface area (Å²) in [7, 11) is 0. The van der Waals surface area contributed by atoms with Crippen LogP contribution in [0.3, 0.4) is 0 Å². The van der Waals surface area contributed by atoms with Crippen LogP contribution >= 0.6 is 0 Å². The van der Waals surface area contributed by atoms with Gasteiger partial charge in [0.1, 0.15) is 0 Å². The first-order valence-corrected chi connectivity index (χ1v) is 7.31. The number of rotatable bonds is 3. The third-order valence-corrected chi connectivity index (χ3v) is 4.47. The summed E-state index contributed by atoms with van der Waals surface area (Å²) >= 11 is 0. The summed E-state index contributed by atoms with van der Waals surface area (Å²) in [6.07, 6.45) is 9.10. The Hall–Kier alpha value is -1.42. The quantitative estimate of drug-likeness (QED) is 0.833. The second kappa shape index (κ2) is 4.60. The highest BCUT2D eigenvalue weighted by molar-refractivity contribution is 6.03. The fourth-order valence-electron chi connectivity index (χ4n) is 3.33. The van der Waals surface area contributed by atoms with Crippen molar-refractivity contribution in [2.45, 2.75) is 31.9 Å². The summed E-state index contributed by atoms with van der Waals surface area (Å²) in [5.74, 6) is 1.20. The van der Waals surface area contributed by atoms with Crippen LogP contribution in [-0.2, 0) is 4.84 Å². The lowest BCUT2D eigenvalue weighted by Crippen LogP contribution is -2.40. The van der Waals surface area contributed by atoms with E-state index in [1.807, 2.05) is 18.5 Å². The Morgan fingerprint density at radius 1 is 1.21 bits per heavy atom. The summed E-state index contributed by atoms with van der Waals surface area (Å²) in [4.78, 5) is 12.5. The molecule has 1 aromatic heterocycles. The van der Waals surface area contributed by atoms with Gasteiger partial charge in [-0.1, -0.05) is 5.16 Å². The van der Waals surface area contributed by atoms with Gasteiger partial charge < -0.3 is 4.84 Å². The zero-order valence-electron chi connectivity index (χ0n) is 11.0. The first-order chi connectivity index (χ1) is 9.43. The summed E-state index contributed by atoms with van der Waals surface area (Å²) < 4.78 is 0. The minimum absolute atomic E-state index is 0.171. The average molecular weight is 257 g/mol. The number of hydrogen-bond donors (Lipinski definition) is 0. The number of likely N-dealkylation sites (tertiary alicyclic amines) is 1. The zero-order chi connectivity index (χ0) is 12.7. The van der Waals surface area contributed by atoms with Gasteiger partial charge in [0.15, 0.2) is 6.23 Å². The normalized spacial score (nSPS) is 31.3. The van der Waals surface area contributed by atoms with Crippen LogP contribution in [-0.4, -0.2) is 34.9 Å². The van der Waals surface area contributed by atoms with Crippen molar-refractivity contribution in [2.24, 2.45) is 17.0 Å². The SMILES string of the molecule is c1cncc(C2=NOC(N3CCCC3)C2C2CC2)c1. The molecule has 1 aliphatic carbocycles. The second-order valence-corrected chi connectivity index (χ2v) is 5.82. The Kier molecular flexibility index (Phi) is 2.76. The van der Waals surface area contributed by atoms with Crippen LogP contribution in [0.25, 0.3) is 0 Å². The largest absolute Gasteiger partial charge is 0.375 e. The van der Waals surface area contributed by atoms with Crippen molar-refractivity contribution in [2.75, 3.05) is 13.1 Å². The van der Waals surface area contributed by atoms with Gasteiger partial charge in [-0.2, -0.15) is 0 Å². The third kappa shape index (κ3) is 2.04. The molecule has 2 unspecified atom stereocenters. The lowest BCUT2D eigenvalue weighted by molar-refractivity contribution is -0.0516. The second-order valence-electron chi connectivity index (χ2n) is 5.82. The molecule has 3 heterocycles. The molecule has 0 spiro atoms. The molecule has 0 N–H and O–H groups in total. The van der Waals surface area contributed by atoms with Gasteiger partial charge in [-0.15, -0.1) is 0 Å². The lowest BCUT2D eigenvalue weighted by Gasteiger charge is -2.27. The van der Waals surface area contributed by atoms with Crippen LogP contribution in [0.4, 0.5) is 0 Å². The molecule has 100 valence electrons. The van der Waals surface area contributed by atoms with Gasteiger partial charge >= 0.3 is 0 Å². The molecule has 2 fully saturated rings. The van der Waals surface area contributed by atoms with E-state index < -0.39 is 0 Å². The van der Waals surface area contributed by atoms with Crippen LogP contribution in [0.2, 0.25) is 0 Å². The van der Waals surface area contributed by atoms with E-state index in [1.165, 1.54) is 25.7 Å². The fourth-order valence-corrected chi connectivity index (χ4v) is 3.33.